The minimum absolute atomic E-state index is 0.0176. The number of H-pyrrole nitrogens is 1. The molecule has 0 spiro atoms. The van der Waals surface area contributed by atoms with E-state index in [1.807, 2.05) is 13.8 Å². The number of aryl methyl sites for hydroxylation is 1. The van der Waals surface area contributed by atoms with Gasteiger partial charge in [0.1, 0.15) is 29.4 Å². The Morgan fingerprint density at radius 2 is 1.20 bits per heavy atom. The molecule has 4 saturated carbocycles. The lowest BCUT2D eigenvalue weighted by atomic mass is 10.00. The van der Waals surface area contributed by atoms with E-state index in [1.165, 1.54) is 30.6 Å². The molecule has 0 unspecified atom stereocenters. The van der Waals surface area contributed by atoms with Crippen molar-refractivity contribution in [2.45, 2.75) is 112 Å². The van der Waals surface area contributed by atoms with E-state index in [-0.39, 0.29) is 79.4 Å². The number of rotatable bonds is 16. The maximum absolute atomic E-state index is 13.3. The Morgan fingerprint density at radius 3 is 1.69 bits per heavy atom. The van der Waals surface area contributed by atoms with E-state index < -0.39 is 39.5 Å². The second kappa shape index (κ2) is 17.7. The highest BCUT2D eigenvalue weighted by molar-refractivity contribution is 7.92. The fourth-order valence-corrected chi connectivity index (χ4v) is 15.2. The van der Waals surface area contributed by atoms with Crippen LogP contribution in [0.2, 0.25) is 0 Å². The van der Waals surface area contributed by atoms with Gasteiger partial charge in [-0.3, -0.25) is 20.2 Å². The first kappa shape index (κ1) is 45.4. The molecule has 0 amide bonds. The van der Waals surface area contributed by atoms with Crippen molar-refractivity contribution in [2.75, 3.05) is 22.1 Å². The summed E-state index contributed by atoms with van der Waals surface area (Å²) in [7, 11) is -10.1. The van der Waals surface area contributed by atoms with Gasteiger partial charge in [-0.15, -0.1) is 0 Å². The highest BCUT2D eigenvalue weighted by atomic mass is 32.2. The largest absolute Gasteiger partial charge is 0.376 e. The number of nitrogens with one attached hydrogen (secondary N) is 3. The number of pyridine rings is 2. The first-order valence-electron chi connectivity index (χ1n) is 21.9. The third kappa shape index (κ3) is 9.33. The molecule has 9 rings (SSSR count). The summed E-state index contributed by atoms with van der Waals surface area (Å²) in [6.07, 6.45) is 13.0. The average Bonchev–Trinajstić information content (AvgIpc) is 4.12. The molecule has 18 nitrogen and oxygen atoms in total. The fourth-order valence-electron chi connectivity index (χ4n) is 9.81. The molecule has 21 heteroatoms. The molecule has 64 heavy (non-hydrogen) atoms. The third-order valence-corrected chi connectivity index (χ3v) is 20.0. The lowest BCUT2D eigenvalue weighted by molar-refractivity contribution is -0.384. The SMILES string of the molecule is CC[C@@H]1C[C@H](CS(=O)(=O)C2CC2)C[C@@H]1Nc1c([N+](=O)[O-])cnc2[nH]ccc12.CC[C@@H]1C[C@H](CS(=O)(=O)C2CC2)C[C@@H]1Nc1c([N+](=O)[O-])cnc2c1ccn2S(=O)(=O)c1ccc(C)cc1. The summed E-state index contributed by atoms with van der Waals surface area (Å²) in [5.41, 5.74) is 1.99. The number of benzene rings is 1. The maximum atomic E-state index is 13.3. The van der Waals surface area contributed by atoms with Crippen LogP contribution in [0.5, 0.6) is 0 Å². The summed E-state index contributed by atoms with van der Waals surface area (Å²) < 4.78 is 77.6. The first-order chi connectivity index (χ1) is 30.4. The number of fused-ring (bicyclic) bond motifs is 2. The number of sulfone groups is 2. The molecule has 4 aliphatic carbocycles. The molecule has 0 radical (unpaired) electrons. The number of hydrogen-bond acceptors (Lipinski definition) is 14. The molecule has 4 heterocycles. The Balaban J connectivity index is 0.000000184. The molecule has 344 valence electrons. The van der Waals surface area contributed by atoms with Gasteiger partial charge in [-0.2, -0.15) is 0 Å². The number of anilines is 2. The molecule has 5 aromatic rings. The number of nitrogens with zero attached hydrogens (tertiary/aromatic N) is 5. The van der Waals surface area contributed by atoms with Gasteiger partial charge in [-0.05, 0) is 106 Å². The molecule has 3 N–H and O–H groups in total. The van der Waals surface area contributed by atoms with Gasteiger partial charge >= 0.3 is 11.4 Å². The summed E-state index contributed by atoms with van der Waals surface area (Å²) in [5, 5.41) is 30.8. The van der Waals surface area contributed by atoms with Crippen LogP contribution in [0.15, 0.2) is 66.1 Å². The van der Waals surface area contributed by atoms with Crippen LogP contribution in [0.1, 0.15) is 83.6 Å². The van der Waals surface area contributed by atoms with Crippen molar-refractivity contribution in [3.8, 4) is 0 Å². The van der Waals surface area contributed by atoms with E-state index in [9.17, 15) is 45.5 Å². The molecule has 0 saturated heterocycles. The second-order valence-corrected chi connectivity index (χ2v) is 24.5. The van der Waals surface area contributed by atoms with Gasteiger partial charge in [0.25, 0.3) is 10.0 Å². The molecule has 4 aliphatic rings. The van der Waals surface area contributed by atoms with E-state index >= 15 is 0 Å². The molecular weight excluding hydrogens is 885 g/mol. The summed E-state index contributed by atoms with van der Waals surface area (Å²) in [6, 6.07) is 9.59. The zero-order valence-corrected chi connectivity index (χ0v) is 38.4. The van der Waals surface area contributed by atoms with Crippen LogP contribution in [0.25, 0.3) is 22.1 Å². The number of aromatic nitrogens is 4. The topological polar surface area (TPSA) is 259 Å². The summed E-state index contributed by atoms with van der Waals surface area (Å²) in [4.78, 5) is 33.8. The number of nitro groups is 2. The fraction of sp³-hybridized carbons (Fsp3) is 0.535. The highest BCUT2D eigenvalue weighted by Gasteiger charge is 2.43. The Bertz CT molecular complexity index is 2910. The predicted molar refractivity (Wildman–Crippen MR) is 244 cm³/mol. The van der Waals surface area contributed by atoms with E-state index in [0.29, 0.717) is 34.4 Å². The Morgan fingerprint density at radius 1 is 0.703 bits per heavy atom. The van der Waals surface area contributed by atoms with Gasteiger partial charge in [0, 0.05) is 29.9 Å². The minimum Gasteiger partial charge on any atom is -0.376 e. The molecule has 0 bridgehead atoms. The summed E-state index contributed by atoms with van der Waals surface area (Å²) in [6.45, 7) is 5.97. The molecule has 4 fully saturated rings. The van der Waals surface area contributed by atoms with Gasteiger partial charge in [-0.1, -0.05) is 44.4 Å². The van der Waals surface area contributed by atoms with Gasteiger partial charge in [0.05, 0.1) is 42.1 Å². The van der Waals surface area contributed by atoms with Crippen LogP contribution in [0, 0.1) is 50.8 Å². The molecule has 4 aromatic heterocycles. The third-order valence-electron chi connectivity index (χ3n) is 13.5. The van der Waals surface area contributed by atoms with Crippen LogP contribution in [0.4, 0.5) is 22.7 Å². The standard InChI is InChI=1S/C25H30N4O6S2.C18H24N4O4S/c1-3-18-12-17(15-36(32,33)19-8-9-19)13-22(18)27-24-21-10-11-28(25(21)26-14-23(24)29(30)31)37(34,35)20-6-4-16(2)5-7-20;1-2-12-7-11(10-27(25,26)13-3-4-13)8-15(12)21-17-14-5-6-19-18(14)20-9-16(17)22(23)24/h4-7,10-11,14,17-19,22H,3,8-9,12-13,15H2,1-2H3,(H,26,27);5-6,9,11-13,15H,2-4,7-8,10H2,1H3,(H2,19,20,21)/t17-,18+,22-;11-,12+,15-/m00/s1. The smallest absolute Gasteiger partial charge is 0.311 e. The predicted octanol–water partition coefficient (Wildman–Crippen LogP) is 7.55. The van der Waals surface area contributed by atoms with Crippen molar-refractivity contribution >= 4 is 74.5 Å². The molecular formula is C43H54N8O10S3. The van der Waals surface area contributed by atoms with Crippen molar-refractivity contribution in [1.29, 1.82) is 0 Å². The molecule has 6 atom stereocenters. The van der Waals surface area contributed by atoms with Crippen LogP contribution in [-0.4, -0.2) is 88.1 Å². The van der Waals surface area contributed by atoms with Crippen LogP contribution < -0.4 is 10.6 Å². The maximum Gasteiger partial charge on any atom is 0.311 e. The van der Waals surface area contributed by atoms with Gasteiger partial charge < -0.3 is 15.6 Å². The summed E-state index contributed by atoms with van der Waals surface area (Å²) in [5.74, 6) is 0.916. The molecule has 0 aliphatic heterocycles. The van der Waals surface area contributed by atoms with E-state index in [4.69, 9.17) is 0 Å². The first-order valence-corrected chi connectivity index (χ1v) is 26.8. The van der Waals surface area contributed by atoms with E-state index in [0.717, 1.165) is 73.5 Å². The average molecular weight is 939 g/mol. The Kier molecular flexibility index (Phi) is 12.5. The zero-order chi connectivity index (χ0) is 45.7. The second-order valence-electron chi connectivity index (χ2n) is 18.0. The zero-order valence-electron chi connectivity index (χ0n) is 35.9. The van der Waals surface area contributed by atoms with E-state index in [1.54, 1.807) is 24.4 Å². The van der Waals surface area contributed by atoms with E-state index in [2.05, 4.69) is 32.5 Å². The van der Waals surface area contributed by atoms with Crippen molar-refractivity contribution in [1.82, 2.24) is 18.9 Å². The minimum atomic E-state index is -3.97. The van der Waals surface area contributed by atoms with Gasteiger partial charge in [0.2, 0.25) is 0 Å². The highest BCUT2D eigenvalue weighted by Crippen LogP contribution is 2.43. The normalized spacial score (nSPS) is 23.8. The summed E-state index contributed by atoms with van der Waals surface area (Å²) >= 11 is 0. The monoisotopic (exact) mass is 938 g/mol. The Hall–Kier alpha value is -5.15. The van der Waals surface area contributed by atoms with Crippen LogP contribution in [-0.2, 0) is 29.7 Å². The van der Waals surface area contributed by atoms with Crippen LogP contribution in [0.3, 0.4) is 0 Å². The van der Waals surface area contributed by atoms with Gasteiger partial charge in [-0.25, -0.2) is 39.2 Å². The van der Waals surface area contributed by atoms with Crippen molar-refractivity contribution in [3.05, 3.63) is 87.0 Å². The van der Waals surface area contributed by atoms with Gasteiger partial charge in [0.15, 0.2) is 25.3 Å². The van der Waals surface area contributed by atoms with Crippen molar-refractivity contribution < 1.29 is 35.1 Å². The number of aromatic amines is 1. The Labute approximate surface area is 372 Å². The number of hydrogen-bond donors (Lipinski definition) is 3. The van der Waals surface area contributed by atoms with Crippen molar-refractivity contribution in [3.63, 3.8) is 0 Å². The van der Waals surface area contributed by atoms with Crippen LogP contribution >= 0.6 is 0 Å². The molecule has 1 aromatic carbocycles. The lowest BCUT2D eigenvalue weighted by Gasteiger charge is -2.21. The van der Waals surface area contributed by atoms with Crippen molar-refractivity contribution in [2.24, 2.45) is 23.7 Å². The lowest BCUT2D eigenvalue weighted by Crippen LogP contribution is -2.25. The quantitative estimate of drug-likeness (QED) is 0.0638.